The SMILES string of the molecule is CN(CC1CC2CCC1C2)CC1(C=O)CCCCCC1. The van der Waals surface area contributed by atoms with Crippen LogP contribution in [0.2, 0.25) is 0 Å². The summed E-state index contributed by atoms with van der Waals surface area (Å²) in [6.45, 7) is 2.24. The van der Waals surface area contributed by atoms with E-state index < -0.39 is 0 Å². The second kappa shape index (κ2) is 6.17. The number of carbonyl (C=O) groups is 1. The number of hydrogen-bond acceptors (Lipinski definition) is 2. The molecule has 0 saturated heterocycles. The molecule has 3 atom stereocenters. The van der Waals surface area contributed by atoms with E-state index in [0.717, 1.165) is 37.1 Å². The summed E-state index contributed by atoms with van der Waals surface area (Å²) in [6.07, 6.45) is 14.6. The maximum Gasteiger partial charge on any atom is 0.127 e. The Balaban J connectivity index is 1.54. The van der Waals surface area contributed by atoms with Gasteiger partial charge in [-0.25, -0.2) is 0 Å². The highest BCUT2D eigenvalue weighted by atomic mass is 16.1. The minimum absolute atomic E-state index is 0.0249. The van der Waals surface area contributed by atoms with E-state index in [1.807, 2.05) is 0 Å². The van der Waals surface area contributed by atoms with Crippen LogP contribution in [0.25, 0.3) is 0 Å². The molecule has 3 rings (SSSR count). The van der Waals surface area contributed by atoms with Gasteiger partial charge < -0.3 is 9.69 Å². The van der Waals surface area contributed by atoms with Gasteiger partial charge in [-0.2, -0.15) is 0 Å². The fourth-order valence-corrected chi connectivity index (χ4v) is 5.35. The number of rotatable bonds is 5. The van der Waals surface area contributed by atoms with Crippen LogP contribution in [0, 0.1) is 23.2 Å². The Morgan fingerprint density at radius 2 is 1.85 bits per heavy atom. The number of aldehydes is 1. The number of fused-ring (bicyclic) bond motifs is 2. The summed E-state index contributed by atoms with van der Waals surface area (Å²) in [7, 11) is 2.25. The summed E-state index contributed by atoms with van der Waals surface area (Å²) >= 11 is 0. The van der Waals surface area contributed by atoms with Crippen molar-refractivity contribution < 1.29 is 4.79 Å². The van der Waals surface area contributed by atoms with Gasteiger partial charge in [-0.1, -0.05) is 32.1 Å². The Morgan fingerprint density at radius 3 is 2.40 bits per heavy atom. The molecule has 3 unspecified atom stereocenters. The highest BCUT2D eigenvalue weighted by Crippen LogP contribution is 2.48. The van der Waals surface area contributed by atoms with Crippen LogP contribution in [-0.4, -0.2) is 31.3 Å². The van der Waals surface area contributed by atoms with E-state index in [9.17, 15) is 4.79 Å². The van der Waals surface area contributed by atoms with Crippen molar-refractivity contribution in [2.45, 2.75) is 64.2 Å². The molecule has 3 fully saturated rings. The van der Waals surface area contributed by atoms with E-state index in [1.165, 1.54) is 64.2 Å². The van der Waals surface area contributed by atoms with Crippen LogP contribution in [0.3, 0.4) is 0 Å². The number of carbonyl (C=O) groups excluding carboxylic acids is 1. The summed E-state index contributed by atoms with van der Waals surface area (Å²) in [4.78, 5) is 14.2. The normalized spacial score (nSPS) is 36.2. The maximum atomic E-state index is 11.7. The van der Waals surface area contributed by atoms with Crippen LogP contribution >= 0.6 is 0 Å². The summed E-state index contributed by atoms with van der Waals surface area (Å²) < 4.78 is 0. The molecule has 0 spiro atoms. The topological polar surface area (TPSA) is 20.3 Å². The van der Waals surface area contributed by atoms with Crippen LogP contribution in [-0.2, 0) is 4.79 Å². The predicted octanol–water partition coefficient (Wildman–Crippen LogP) is 3.89. The molecule has 0 aromatic carbocycles. The molecule has 0 aromatic rings. The predicted molar refractivity (Wildman–Crippen MR) is 82.6 cm³/mol. The van der Waals surface area contributed by atoms with Gasteiger partial charge in [0.25, 0.3) is 0 Å². The lowest BCUT2D eigenvalue weighted by Gasteiger charge is -2.34. The second-order valence-electron chi connectivity index (χ2n) is 8.03. The molecule has 0 N–H and O–H groups in total. The minimum atomic E-state index is -0.0249. The zero-order valence-corrected chi connectivity index (χ0v) is 13.2. The van der Waals surface area contributed by atoms with Gasteiger partial charge >= 0.3 is 0 Å². The van der Waals surface area contributed by atoms with Crippen molar-refractivity contribution in [3.63, 3.8) is 0 Å². The van der Waals surface area contributed by atoms with E-state index in [1.54, 1.807) is 0 Å². The van der Waals surface area contributed by atoms with Crippen molar-refractivity contribution in [1.29, 1.82) is 0 Å². The first-order valence-corrected chi connectivity index (χ1v) is 8.86. The van der Waals surface area contributed by atoms with Gasteiger partial charge in [-0.3, -0.25) is 0 Å². The molecule has 0 heterocycles. The lowest BCUT2D eigenvalue weighted by molar-refractivity contribution is -0.118. The molecule has 3 aliphatic rings. The van der Waals surface area contributed by atoms with Gasteiger partial charge in [-0.05, 0) is 56.9 Å². The lowest BCUT2D eigenvalue weighted by Crippen LogP contribution is -2.39. The summed E-state index contributed by atoms with van der Waals surface area (Å²) in [6, 6.07) is 0. The summed E-state index contributed by atoms with van der Waals surface area (Å²) in [5.41, 5.74) is -0.0249. The van der Waals surface area contributed by atoms with Crippen molar-refractivity contribution in [2.24, 2.45) is 23.2 Å². The van der Waals surface area contributed by atoms with Gasteiger partial charge in [0.05, 0.1) is 0 Å². The molecule has 3 aliphatic carbocycles. The van der Waals surface area contributed by atoms with Crippen molar-refractivity contribution in [3.05, 3.63) is 0 Å². The smallest absolute Gasteiger partial charge is 0.127 e. The second-order valence-corrected chi connectivity index (χ2v) is 8.03. The highest BCUT2D eigenvalue weighted by molar-refractivity contribution is 5.59. The third-order valence-corrected chi connectivity index (χ3v) is 6.36. The fraction of sp³-hybridized carbons (Fsp3) is 0.944. The maximum absolute atomic E-state index is 11.7. The molecule has 2 bridgehead atoms. The molecule has 2 nitrogen and oxygen atoms in total. The molecule has 3 saturated carbocycles. The van der Waals surface area contributed by atoms with Crippen molar-refractivity contribution >= 4 is 6.29 Å². The Labute approximate surface area is 124 Å². The summed E-state index contributed by atoms with van der Waals surface area (Å²) in [5, 5.41) is 0. The van der Waals surface area contributed by atoms with Gasteiger partial charge in [0, 0.05) is 18.5 Å². The van der Waals surface area contributed by atoms with E-state index in [2.05, 4.69) is 11.9 Å². The van der Waals surface area contributed by atoms with Crippen molar-refractivity contribution in [3.8, 4) is 0 Å². The number of hydrogen-bond donors (Lipinski definition) is 0. The molecule has 2 heteroatoms. The van der Waals surface area contributed by atoms with E-state index in [-0.39, 0.29) is 5.41 Å². The van der Waals surface area contributed by atoms with Gasteiger partial charge in [-0.15, -0.1) is 0 Å². The highest BCUT2D eigenvalue weighted by Gasteiger charge is 2.40. The molecule has 0 aromatic heterocycles. The van der Waals surface area contributed by atoms with Gasteiger partial charge in [0.15, 0.2) is 0 Å². The fourth-order valence-electron chi connectivity index (χ4n) is 5.35. The van der Waals surface area contributed by atoms with E-state index >= 15 is 0 Å². The standard InChI is InChI=1S/C18H31NO/c1-19(12-17-11-15-6-7-16(17)10-15)13-18(14-20)8-4-2-3-5-9-18/h14-17H,2-13H2,1H3. The van der Waals surface area contributed by atoms with Gasteiger partial charge in [0.2, 0.25) is 0 Å². The Hall–Kier alpha value is -0.370. The first kappa shape index (κ1) is 14.6. The average molecular weight is 277 g/mol. The van der Waals surface area contributed by atoms with Crippen LogP contribution < -0.4 is 0 Å². The molecule has 0 aliphatic heterocycles. The molecular weight excluding hydrogens is 246 g/mol. The zero-order valence-electron chi connectivity index (χ0n) is 13.2. The third kappa shape index (κ3) is 3.10. The molecule has 0 radical (unpaired) electrons. The molecule has 114 valence electrons. The van der Waals surface area contributed by atoms with Crippen molar-refractivity contribution in [1.82, 2.24) is 4.90 Å². The quantitative estimate of drug-likeness (QED) is 0.561. The monoisotopic (exact) mass is 277 g/mol. The molecular formula is C18H31NO. The Kier molecular flexibility index (Phi) is 4.49. The largest absolute Gasteiger partial charge is 0.305 e. The van der Waals surface area contributed by atoms with Crippen molar-refractivity contribution in [2.75, 3.05) is 20.1 Å². The lowest BCUT2D eigenvalue weighted by atomic mass is 9.81. The van der Waals surface area contributed by atoms with E-state index in [4.69, 9.17) is 0 Å². The van der Waals surface area contributed by atoms with Crippen LogP contribution in [0.1, 0.15) is 64.2 Å². The molecule has 0 amide bonds. The van der Waals surface area contributed by atoms with Crippen LogP contribution in [0.4, 0.5) is 0 Å². The Morgan fingerprint density at radius 1 is 1.10 bits per heavy atom. The van der Waals surface area contributed by atoms with E-state index in [0.29, 0.717) is 0 Å². The van der Waals surface area contributed by atoms with Gasteiger partial charge in [0.1, 0.15) is 6.29 Å². The summed E-state index contributed by atoms with van der Waals surface area (Å²) in [5.74, 6) is 2.97. The van der Waals surface area contributed by atoms with Crippen LogP contribution in [0.5, 0.6) is 0 Å². The molecule has 20 heavy (non-hydrogen) atoms. The minimum Gasteiger partial charge on any atom is -0.305 e. The Bertz CT molecular complexity index is 332. The zero-order chi connectivity index (χ0) is 14.0. The number of nitrogens with zero attached hydrogens (tertiary/aromatic N) is 1. The first-order valence-electron chi connectivity index (χ1n) is 8.86. The van der Waals surface area contributed by atoms with Crippen LogP contribution in [0.15, 0.2) is 0 Å². The third-order valence-electron chi connectivity index (χ3n) is 6.36. The first-order chi connectivity index (χ1) is 9.71. The average Bonchev–Trinajstić information content (AvgIpc) is 2.97.